The number of nitrogens with zero attached hydrogens (tertiary/aromatic N) is 1. The van der Waals surface area contributed by atoms with Gasteiger partial charge < -0.3 is 19.8 Å². The molecule has 2 aliphatic rings. The summed E-state index contributed by atoms with van der Waals surface area (Å²) in [5.41, 5.74) is 2.00. The van der Waals surface area contributed by atoms with Crippen LogP contribution in [-0.4, -0.2) is 36.3 Å². The van der Waals surface area contributed by atoms with Gasteiger partial charge in [-0.2, -0.15) is 0 Å². The summed E-state index contributed by atoms with van der Waals surface area (Å²) in [6.07, 6.45) is 2.41. The van der Waals surface area contributed by atoms with Crippen LogP contribution in [-0.2, 0) is 0 Å². The molecule has 5 nitrogen and oxygen atoms in total. The van der Waals surface area contributed by atoms with Crippen LogP contribution in [0.25, 0.3) is 11.0 Å². The summed E-state index contributed by atoms with van der Waals surface area (Å²) in [5, 5.41) is 3.42. The Morgan fingerprint density at radius 1 is 1.16 bits per heavy atom. The number of fused-ring (bicyclic) bond motifs is 2. The number of nitrogens with one attached hydrogen (secondary N) is 2. The van der Waals surface area contributed by atoms with E-state index >= 15 is 0 Å². The highest BCUT2D eigenvalue weighted by atomic mass is 16.6. The number of piperidine rings is 1. The molecule has 2 aromatic rings. The first-order valence-electron chi connectivity index (χ1n) is 6.90. The summed E-state index contributed by atoms with van der Waals surface area (Å²) in [6.45, 7) is 3.35. The molecule has 1 aromatic carbocycles. The molecule has 0 radical (unpaired) electrons. The van der Waals surface area contributed by atoms with Crippen LogP contribution in [0.1, 0.15) is 24.6 Å². The van der Waals surface area contributed by atoms with Crippen LogP contribution in [0.15, 0.2) is 12.1 Å². The van der Waals surface area contributed by atoms with Gasteiger partial charge in [0.15, 0.2) is 11.5 Å². The topological polar surface area (TPSA) is 59.2 Å². The number of hydrogen-bond donors (Lipinski definition) is 2. The van der Waals surface area contributed by atoms with Crippen LogP contribution < -0.4 is 14.8 Å². The zero-order valence-electron chi connectivity index (χ0n) is 10.7. The lowest BCUT2D eigenvalue weighted by molar-refractivity contribution is 0.172. The van der Waals surface area contributed by atoms with E-state index in [1.165, 1.54) is 12.8 Å². The minimum absolute atomic E-state index is 0.486. The maximum absolute atomic E-state index is 5.60. The monoisotopic (exact) mass is 259 g/mol. The SMILES string of the molecule is c1c2c(cc3[nH]c(C4CCCNC4)nc13)OCCO2. The van der Waals surface area contributed by atoms with Gasteiger partial charge >= 0.3 is 0 Å². The van der Waals surface area contributed by atoms with Gasteiger partial charge in [-0.25, -0.2) is 4.98 Å². The third-order valence-corrected chi connectivity index (χ3v) is 3.85. The first-order chi connectivity index (χ1) is 9.40. The third-order valence-electron chi connectivity index (χ3n) is 3.85. The predicted octanol–water partition coefficient (Wildman–Crippen LogP) is 1.80. The summed E-state index contributed by atoms with van der Waals surface area (Å²) in [7, 11) is 0. The van der Waals surface area contributed by atoms with Gasteiger partial charge in [0.1, 0.15) is 19.0 Å². The van der Waals surface area contributed by atoms with Crippen molar-refractivity contribution in [2.45, 2.75) is 18.8 Å². The number of aromatic nitrogens is 2. The number of ether oxygens (including phenoxy) is 2. The van der Waals surface area contributed by atoms with Crippen molar-refractivity contribution in [2.75, 3.05) is 26.3 Å². The van der Waals surface area contributed by atoms with Gasteiger partial charge in [0.25, 0.3) is 0 Å². The predicted molar refractivity (Wildman–Crippen MR) is 71.9 cm³/mol. The van der Waals surface area contributed by atoms with Gasteiger partial charge in [0.2, 0.25) is 0 Å². The summed E-state index contributed by atoms with van der Waals surface area (Å²) >= 11 is 0. The van der Waals surface area contributed by atoms with Gasteiger partial charge in [0, 0.05) is 24.6 Å². The largest absolute Gasteiger partial charge is 0.486 e. The van der Waals surface area contributed by atoms with E-state index in [9.17, 15) is 0 Å². The van der Waals surface area contributed by atoms with Crippen LogP contribution in [0.4, 0.5) is 0 Å². The average molecular weight is 259 g/mol. The number of hydrogen-bond acceptors (Lipinski definition) is 4. The highest BCUT2D eigenvalue weighted by Crippen LogP contribution is 2.34. The fourth-order valence-electron chi connectivity index (χ4n) is 2.84. The lowest BCUT2D eigenvalue weighted by atomic mass is 9.99. The summed E-state index contributed by atoms with van der Waals surface area (Å²) in [5.74, 6) is 3.18. The van der Waals surface area contributed by atoms with Gasteiger partial charge in [-0.1, -0.05) is 0 Å². The average Bonchev–Trinajstić information content (AvgIpc) is 2.88. The van der Waals surface area contributed by atoms with E-state index < -0.39 is 0 Å². The van der Waals surface area contributed by atoms with Crippen molar-refractivity contribution in [3.63, 3.8) is 0 Å². The number of H-pyrrole nitrogens is 1. The lowest BCUT2D eigenvalue weighted by Crippen LogP contribution is -2.28. The summed E-state index contributed by atoms with van der Waals surface area (Å²) in [6, 6.07) is 3.97. The number of rotatable bonds is 1. The minimum atomic E-state index is 0.486. The molecular weight excluding hydrogens is 242 g/mol. The molecule has 4 rings (SSSR count). The Bertz CT molecular complexity index is 559. The van der Waals surface area contributed by atoms with E-state index in [4.69, 9.17) is 14.5 Å². The number of benzene rings is 1. The zero-order chi connectivity index (χ0) is 12.7. The van der Waals surface area contributed by atoms with E-state index in [1.54, 1.807) is 0 Å². The molecule has 0 saturated carbocycles. The van der Waals surface area contributed by atoms with E-state index in [0.717, 1.165) is 41.4 Å². The molecule has 1 unspecified atom stereocenters. The van der Waals surface area contributed by atoms with E-state index in [-0.39, 0.29) is 0 Å². The third kappa shape index (κ3) is 1.94. The normalized spacial score (nSPS) is 22.6. The highest BCUT2D eigenvalue weighted by molar-refractivity contribution is 5.80. The Balaban J connectivity index is 1.73. The first-order valence-corrected chi connectivity index (χ1v) is 6.90. The molecular formula is C14H17N3O2. The van der Waals surface area contributed by atoms with Crippen molar-refractivity contribution < 1.29 is 9.47 Å². The molecule has 1 aromatic heterocycles. The van der Waals surface area contributed by atoms with Gasteiger partial charge in [-0.3, -0.25) is 0 Å². The molecule has 1 atom stereocenters. The van der Waals surface area contributed by atoms with Crippen molar-refractivity contribution in [1.82, 2.24) is 15.3 Å². The Morgan fingerprint density at radius 3 is 2.79 bits per heavy atom. The maximum Gasteiger partial charge on any atom is 0.163 e. The van der Waals surface area contributed by atoms with E-state index in [1.807, 2.05) is 12.1 Å². The quantitative estimate of drug-likeness (QED) is 0.820. The molecule has 1 saturated heterocycles. The fourth-order valence-corrected chi connectivity index (χ4v) is 2.84. The van der Waals surface area contributed by atoms with Crippen molar-refractivity contribution in [3.8, 4) is 11.5 Å². The molecule has 2 N–H and O–H groups in total. The van der Waals surface area contributed by atoms with Gasteiger partial charge in [-0.15, -0.1) is 0 Å². The lowest BCUT2D eigenvalue weighted by Gasteiger charge is -2.20. The molecule has 1 fully saturated rings. The summed E-state index contributed by atoms with van der Waals surface area (Å²) in [4.78, 5) is 8.14. The fraction of sp³-hybridized carbons (Fsp3) is 0.500. The first kappa shape index (κ1) is 11.1. The highest BCUT2D eigenvalue weighted by Gasteiger charge is 2.20. The number of imidazole rings is 1. The number of aromatic amines is 1. The maximum atomic E-state index is 5.60. The summed E-state index contributed by atoms with van der Waals surface area (Å²) < 4.78 is 11.2. The van der Waals surface area contributed by atoms with Crippen LogP contribution >= 0.6 is 0 Å². The van der Waals surface area contributed by atoms with Crippen molar-refractivity contribution >= 4 is 11.0 Å². The smallest absolute Gasteiger partial charge is 0.163 e. The Morgan fingerprint density at radius 2 is 2.00 bits per heavy atom. The Kier molecular flexibility index (Phi) is 2.58. The second kappa shape index (κ2) is 4.42. The molecule has 0 spiro atoms. The van der Waals surface area contributed by atoms with Gasteiger partial charge in [0.05, 0.1) is 11.0 Å². The second-order valence-electron chi connectivity index (χ2n) is 5.18. The van der Waals surface area contributed by atoms with E-state index in [2.05, 4.69) is 10.3 Å². The van der Waals surface area contributed by atoms with Crippen molar-refractivity contribution in [2.24, 2.45) is 0 Å². The zero-order valence-corrected chi connectivity index (χ0v) is 10.7. The van der Waals surface area contributed by atoms with Gasteiger partial charge in [-0.05, 0) is 19.4 Å². The molecule has 3 heterocycles. The van der Waals surface area contributed by atoms with Crippen LogP contribution in [0, 0.1) is 0 Å². The van der Waals surface area contributed by atoms with Crippen molar-refractivity contribution in [3.05, 3.63) is 18.0 Å². The minimum Gasteiger partial charge on any atom is -0.486 e. The van der Waals surface area contributed by atoms with Crippen molar-refractivity contribution in [1.29, 1.82) is 0 Å². The molecule has 0 bridgehead atoms. The molecule has 2 aliphatic heterocycles. The molecule has 100 valence electrons. The van der Waals surface area contributed by atoms with E-state index in [0.29, 0.717) is 19.1 Å². The molecule has 19 heavy (non-hydrogen) atoms. The Hall–Kier alpha value is -1.75. The Labute approximate surface area is 111 Å². The second-order valence-corrected chi connectivity index (χ2v) is 5.18. The van der Waals surface area contributed by atoms with Crippen LogP contribution in [0.2, 0.25) is 0 Å². The van der Waals surface area contributed by atoms with Crippen LogP contribution in [0.5, 0.6) is 11.5 Å². The molecule has 0 aliphatic carbocycles. The van der Waals surface area contributed by atoms with Crippen LogP contribution in [0.3, 0.4) is 0 Å². The molecule has 0 amide bonds. The standard InChI is InChI=1S/C14H17N3O2/c1-2-9(8-15-3-1)14-16-10-6-12-13(7-11(10)17-14)19-5-4-18-12/h6-7,9,15H,1-5,8H2,(H,16,17). The molecule has 5 heteroatoms.